The molecule has 0 aromatic heterocycles. The zero-order valence-corrected chi connectivity index (χ0v) is 19.0. The summed E-state index contributed by atoms with van der Waals surface area (Å²) in [5.41, 5.74) is 3.15. The molecule has 3 aromatic carbocycles. The molecule has 32 heavy (non-hydrogen) atoms. The van der Waals surface area contributed by atoms with E-state index in [9.17, 15) is 0 Å². The van der Waals surface area contributed by atoms with Crippen LogP contribution in [-0.4, -0.2) is 30.4 Å². The van der Waals surface area contributed by atoms with E-state index in [0.29, 0.717) is 32.8 Å². The molecular weight excluding hydrogens is 420 g/mol. The summed E-state index contributed by atoms with van der Waals surface area (Å²) in [6.07, 6.45) is 0.00273. The molecule has 1 aliphatic rings. The van der Waals surface area contributed by atoms with Gasteiger partial charge in [-0.25, -0.2) is 0 Å². The van der Waals surface area contributed by atoms with Crippen LogP contribution in [0.15, 0.2) is 91.0 Å². The van der Waals surface area contributed by atoms with Crippen molar-refractivity contribution in [2.45, 2.75) is 50.0 Å². The van der Waals surface area contributed by atoms with Gasteiger partial charge in [0.25, 0.3) is 0 Å². The van der Waals surface area contributed by atoms with Crippen LogP contribution in [0.2, 0.25) is 0 Å². The van der Waals surface area contributed by atoms with Gasteiger partial charge in [0, 0.05) is 6.42 Å². The Labute approximate surface area is 195 Å². The van der Waals surface area contributed by atoms with Crippen LogP contribution in [0.3, 0.4) is 0 Å². The van der Waals surface area contributed by atoms with E-state index in [4.69, 9.17) is 18.9 Å². The molecule has 4 rings (SSSR count). The molecular formula is C27H30O4S. The Balaban J connectivity index is 1.42. The topological polar surface area (TPSA) is 36.9 Å². The highest BCUT2D eigenvalue weighted by atomic mass is 32.1. The van der Waals surface area contributed by atoms with E-state index in [1.807, 2.05) is 54.6 Å². The van der Waals surface area contributed by atoms with Gasteiger partial charge < -0.3 is 18.9 Å². The van der Waals surface area contributed by atoms with Gasteiger partial charge in [-0.1, -0.05) is 91.0 Å². The highest BCUT2D eigenvalue weighted by molar-refractivity contribution is 7.80. The van der Waals surface area contributed by atoms with Gasteiger partial charge in [-0.3, -0.25) is 0 Å². The van der Waals surface area contributed by atoms with Crippen LogP contribution in [0.1, 0.15) is 23.1 Å². The summed E-state index contributed by atoms with van der Waals surface area (Å²) in [4.78, 5) is 0. The van der Waals surface area contributed by atoms with E-state index >= 15 is 0 Å². The first kappa shape index (κ1) is 23.0. The molecule has 168 valence electrons. The van der Waals surface area contributed by atoms with Gasteiger partial charge >= 0.3 is 0 Å². The highest BCUT2D eigenvalue weighted by Crippen LogP contribution is 2.29. The van der Waals surface area contributed by atoms with E-state index in [-0.39, 0.29) is 23.7 Å². The van der Waals surface area contributed by atoms with Gasteiger partial charge in [0.15, 0.2) is 0 Å². The molecule has 1 fully saturated rings. The maximum absolute atomic E-state index is 6.37. The summed E-state index contributed by atoms with van der Waals surface area (Å²) >= 11 is 4.62. The number of benzene rings is 3. The second kappa shape index (κ2) is 12.2. The van der Waals surface area contributed by atoms with Crippen LogP contribution in [-0.2, 0) is 38.8 Å². The molecule has 0 saturated carbocycles. The normalized spacial score (nSPS) is 23.2. The van der Waals surface area contributed by atoms with Crippen molar-refractivity contribution < 1.29 is 18.9 Å². The predicted octanol–water partition coefficient (Wildman–Crippen LogP) is 5.42. The molecule has 1 unspecified atom stereocenters. The van der Waals surface area contributed by atoms with Crippen molar-refractivity contribution >= 4 is 12.6 Å². The van der Waals surface area contributed by atoms with E-state index in [2.05, 4.69) is 49.0 Å². The van der Waals surface area contributed by atoms with E-state index < -0.39 is 0 Å². The quantitative estimate of drug-likeness (QED) is 0.419. The monoisotopic (exact) mass is 450 g/mol. The van der Waals surface area contributed by atoms with Gasteiger partial charge in [-0.15, -0.1) is 12.6 Å². The third kappa shape index (κ3) is 6.92. The standard InChI is InChI=1S/C27H30O4S/c32-26-16-24(29-18-22-12-6-2-7-13-22)27(30-19-23-14-8-3-9-15-23)25(31-26)20-28-17-21-10-4-1-5-11-21/h1-15,24-27,32H,16-20H2/t24-,25-,26?,27+/m1/s1. The SMILES string of the molecule is SC1C[C@@H](OCc2ccccc2)[C@H](OCc2ccccc2)[C@@H](COCc2ccccc2)O1. The van der Waals surface area contributed by atoms with Crippen LogP contribution in [0, 0.1) is 0 Å². The summed E-state index contributed by atoms with van der Waals surface area (Å²) in [6, 6.07) is 30.5. The Morgan fingerprint density at radius 2 is 1.19 bits per heavy atom. The van der Waals surface area contributed by atoms with Crippen molar-refractivity contribution in [1.29, 1.82) is 0 Å². The lowest BCUT2D eigenvalue weighted by Gasteiger charge is -2.40. The van der Waals surface area contributed by atoms with Crippen LogP contribution >= 0.6 is 12.6 Å². The molecule has 1 aliphatic heterocycles. The van der Waals surface area contributed by atoms with Gasteiger partial charge in [0.05, 0.1) is 32.5 Å². The zero-order valence-electron chi connectivity index (χ0n) is 18.1. The largest absolute Gasteiger partial charge is 0.374 e. The fourth-order valence-electron chi connectivity index (χ4n) is 3.83. The smallest absolute Gasteiger partial charge is 0.113 e. The Bertz CT molecular complexity index is 907. The predicted molar refractivity (Wildman–Crippen MR) is 128 cm³/mol. The molecule has 5 heteroatoms. The molecule has 0 N–H and O–H groups in total. The Morgan fingerprint density at radius 1 is 0.688 bits per heavy atom. The first-order valence-corrected chi connectivity index (χ1v) is 11.6. The van der Waals surface area contributed by atoms with Crippen molar-refractivity contribution in [3.05, 3.63) is 108 Å². The number of ether oxygens (including phenoxy) is 4. The molecule has 0 amide bonds. The summed E-state index contributed by atoms with van der Waals surface area (Å²) in [5, 5.41) is 0. The fourth-order valence-corrected chi connectivity index (χ4v) is 4.19. The van der Waals surface area contributed by atoms with Gasteiger partial charge in [-0.2, -0.15) is 0 Å². The third-order valence-electron chi connectivity index (χ3n) is 5.48. The first-order valence-electron chi connectivity index (χ1n) is 11.0. The Hall–Kier alpha value is -2.15. The maximum atomic E-state index is 6.37. The molecule has 0 radical (unpaired) electrons. The molecule has 0 bridgehead atoms. The third-order valence-corrected chi connectivity index (χ3v) is 5.82. The van der Waals surface area contributed by atoms with Crippen LogP contribution in [0.4, 0.5) is 0 Å². The fraction of sp³-hybridized carbons (Fsp3) is 0.333. The second-order valence-corrected chi connectivity index (χ2v) is 8.54. The molecule has 4 nitrogen and oxygen atoms in total. The molecule has 0 aliphatic carbocycles. The number of thiol groups is 1. The molecule has 1 heterocycles. The van der Waals surface area contributed by atoms with Crippen LogP contribution < -0.4 is 0 Å². The minimum Gasteiger partial charge on any atom is -0.374 e. The van der Waals surface area contributed by atoms with Crippen molar-refractivity contribution in [2.75, 3.05) is 6.61 Å². The molecule has 0 spiro atoms. The van der Waals surface area contributed by atoms with Crippen molar-refractivity contribution in [3.8, 4) is 0 Å². The molecule has 1 saturated heterocycles. The number of hydrogen-bond acceptors (Lipinski definition) is 5. The summed E-state index contributed by atoms with van der Waals surface area (Å²) in [7, 11) is 0. The Morgan fingerprint density at radius 3 is 1.75 bits per heavy atom. The summed E-state index contributed by atoms with van der Waals surface area (Å²) < 4.78 is 24.8. The lowest BCUT2D eigenvalue weighted by Crippen LogP contribution is -2.51. The van der Waals surface area contributed by atoms with Gasteiger partial charge in [-0.05, 0) is 16.7 Å². The minimum absolute atomic E-state index is 0.138. The van der Waals surface area contributed by atoms with Crippen molar-refractivity contribution in [2.24, 2.45) is 0 Å². The zero-order chi connectivity index (χ0) is 22.0. The Kier molecular flexibility index (Phi) is 8.77. The first-order chi connectivity index (χ1) is 15.8. The summed E-state index contributed by atoms with van der Waals surface area (Å²) in [6.45, 7) is 1.96. The van der Waals surface area contributed by atoms with Gasteiger partial charge in [0.1, 0.15) is 17.6 Å². The van der Waals surface area contributed by atoms with Crippen LogP contribution in [0.25, 0.3) is 0 Å². The lowest BCUT2D eigenvalue weighted by molar-refractivity contribution is -0.204. The van der Waals surface area contributed by atoms with E-state index in [0.717, 1.165) is 16.7 Å². The lowest BCUT2D eigenvalue weighted by atomic mass is 10.0. The molecule has 3 aromatic rings. The van der Waals surface area contributed by atoms with Crippen molar-refractivity contribution in [1.82, 2.24) is 0 Å². The highest BCUT2D eigenvalue weighted by Gasteiger charge is 2.39. The molecule has 4 atom stereocenters. The summed E-state index contributed by atoms with van der Waals surface area (Å²) in [5.74, 6) is 0. The average Bonchev–Trinajstić information content (AvgIpc) is 2.84. The van der Waals surface area contributed by atoms with Gasteiger partial charge in [0.2, 0.25) is 0 Å². The average molecular weight is 451 g/mol. The van der Waals surface area contributed by atoms with E-state index in [1.165, 1.54) is 0 Å². The van der Waals surface area contributed by atoms with E-state index in [1.54, 1.807) is 0 Å². The number of hydrogen-bond donors (Lipinski definition) is 1. The van der Waals surface area contributed by atoms with Crippen LogP contribution in [0.5, 0.6) is 0 Å². The van der Waals surface area contributed by atoms with Crippen molar-refractivity contribution in [3.63, 3.8) is 0 Å². The maximum Gasteiger partial charge on any atom is 0.113 e. The minimum atomic E-state index is -0.264. The number of rotatable bonds is 10. The second-order valence-electron chi connectivity index (χ2n) is 7.96.